The Morgan fingerprint density at radius 1 is 1.28 bits per heavy atom. The van der Waals surface area contributed by atoms with E-state index in [1.165, 1.54) is 64.5 Å². The van der Waals surface area contributed by atoms with Gasteiger partial charge in [-0.15, -0.1) is 0 Å². The fourth-order valence-electron chi connectivity index (χ4n) is 2.88. The molecule has 8 heteroatoms. The molecule has 0 saturated heterocycles. The van der Waals surface area contributed by atoms with Crippen LogP contribution in [0.5, 0.6) is 5.75 Å². The minimum absolute atomic E-state index is 0.0644. The zero-order valence-corrected chi connectivity index (χ0v) is 16.3. The molecule has 0 atom stereocenters. The fraction of sp³-hybridized carbons (Fsp3) is 0.588. The fourth-order valence-corrected chi connectivity index (χ4v) is 5.29. The lowest BCUT2D eigenvalue weighted by molar-refractivity contribution is 0.0960. The third kappa shape index (κ3) is 5.62. The van der Waals surface area contributed by atoms with Crippen LogP contribution in [0.25, 0.3) is 0 Å². The predicted octanol–water partition coefficient (Wildman–Crippen LogP) is 2.40. The molecule has 1 amide bonds. The van der Waals surface area contributed by atoms with Crippen molar-refractivity contribution in [3.8, 4) is 5.75 Å². The maximum absolute atomic E-state index is 12.5. The van der Waals surface area contributed by atoms with E-state index >= 15 is 0 Å². The zero-order chi connectivity index (χ0) is 18.3. The van der Waals surface area contributed by atoms with E-state index in [4.69, 9.17) is 4.74 Å². The molecule has 2 rings (SSSR count). The second-order valence-corrected chi connectivity index (χ2v) is 9.14. The molecule has 0 aliphatic heterocycles. The van der Waals surface area contributed by atoms with Crippen molar-refractivity contribution in [1.29, 1.82) is 0 Å². The van der Waals surface area contributed by atoms with E-state index in [1.807, 2.05) is 11.8 Å². The summed E-state index contributed by atoms with van der Waals surface area (Å²) in [6.45, 7) is 0.380. The van der Waals surface area contributed by atoms with Gasteiger partial charge >= 0.3 is 0 Å². The molecule has 0 heterocycles. The highest BCUT2D eigenvalue weighted by atomic mass is 32.2. The average Bonchev–Trinajstić information content (AvgIpc) is 2.65. The lowest BCUT2D eigenvalue weighted by Crippen LogP contribution is -2.27. The lowest BCUT2D eigenvalue weighted by atomic mass is 10.0. The van der Waals surface area contributed by atoms with Crippen LogP contribution in [0.3, 0.4) is 0 Å². The third-order valence-corrected chi connectivity index (χ3v) is 7.09. The van der Waals surface area contributed by atoms with Crippen molar-refractivity contribution in [1.82, 2.24) is 10.0 Å². The van der Waals surface area contributed by atoms with Gasteiger partial charge in [0.2, 0.25) is 10.0 Å². The normalized spacial score (nSPS) is 15.8. The van der Waals surface area contributed by atoms with Crippen LogP contribution < -0.4 is 14.8 Å². The van der Waals surface area contributed by atoms with Crippen LogP contribution in [-0.2, 0) is 10.0 Å². The molecule has 1 saturated carbocycles. The molecule has 1 aromatic carbocycles. The molecule has 2 N–H and O–H groups in total. The van der Waals surface area contributed by atoms with Gasteiger partial charge in [0.15, 0.2) is 0 Å². The standard InChI is InChI=1S/C17H26N2O4S2/c1-18-17(20)15-12-14(8-9-16(15)23-2)25(21,22)19-10-11-24-13-6-4-3-5-7-13/h8-9,12-13,19H,3-7,10-11H2,1-2H3,(H,18,20). The SMILES string of the molecule is CNC(=O)c1cc(S(=O)(=O)NCCSC2CCCCC2)ccc1OC. The number of methoxy groups -OCH3 is 1. The topological polar surface area (TPSA) is 84.5 Å². The summed E-state index contributed by atoms with van der Waals surface area (Å²) in [5.74, 6) is 0.704. The average molecular weight is 387 g/mol. The molecule has 25 heavy (non-hydrogen) atoms. The third-order valence-electron chi connectivity index (χ3n) is 4.25. The molecule has 6 nitrogen and oxygen atoms in total. The molecular weight excluding hydrogens is 360 g/mol. The first-order chi connectivity index (χ1) is 12.0. The van der Waals surface area contributed by atoms with E-state index in [0.29, 0.717) is 17.5 Å². The number of rotatable bonds is 8. The van der Waals surface area contributed by atoms with E-state index in [9.17, 15) is 13.2 Å². The van der Waals surface area contributed by atoms with Gasteiger partial charge in [-0.2, -0.15) is 11.8 Å². The Kier molecular flexibility index (Phi) is 7.58. The number of carbonyl (C=O) groups is 1. The Labute approximate surface area is 154 Å². The van der Waals surface area contributed by atoms with E-state index in [2.05, 4.69) is 10.0 Å². The number of hydrogen-bond acceptors (Lipinski definition) is 5. The van der Waals surface area contributed by atoms with Crippen molar-refractivity contribution in [2.75, 3.05) is 26.5 Å². The monoisotopic (exact) mass is 386 g/mol. The number of amides is 1. The number of sulfonamides is 1. The maximum atomic E-state index is 12.5. The second-order valence-electron chi connectivity index (χ2n) is 5.97. The first-order valence-electron chi connectivity index (χ1n) is 8.49. The van der Waals surface area contributed by atoms with Gasteiger partial charge in [0.1, 0.15) is 5.75 Å². The molecule has 1 aliphatic carbocycles. The molecule has 1 fully saturated rings. The van der Waals surface area contributed by atoms with E-state index < -0.39 is 10.0 Å². The number of benzene rings is 1. The minimum Gasteiger partial charge on any atom is -0.496 e. The van der Waals surface area contributed by atoms with Crippen LogP contribution in [0.4, 0.5) is 0 Å². The van der Waals surface area contributed by atoms with Gasteiger partial charge in [-0.25, -0.2) is 13.1 Å². The summed E-state index contributed by atoms with van der Waals surface area (Å²) in [4.78, 5) is 12.0. The highest BCUT2D eigenvalue weighted by Crippen LogP contribution is 2.28. The van der Waals surface area contributed by atoms with Crippen molar-refractivity contribution >= 4 is 27.7 Å². The Balaban J connectivity index is 1.97. The van der Waals surface area contributed by atoms with Gasteiger partial charge in [-0.05, 0) is 31.0 Å². The molecule has 0 spiro atoms. The second kappa shape index (κ2) is 9.45. The van der Waals surface area contributed by atoms with Crippen LogP contribution in [-0.4, -0.2) is 46.0 Å². The van der Waals surface area contributed by atoms with Gasteiger partial charge in [0, 0.05) is 24.6 Å². The molecule has 0 unspecified atom stereocenters. The smallest absolute Gasteiger partial charge is 0.254 e. The summed E-state index contributed by atoms with van der Waals surface area (Å²) in [6, 6.07) is 4.28. The molecule has 0 bridgehead atoms. The van der Waals surface area contributed by atoms with Gasteiger partial charge in [-0.1, -0.05) is 19.3 Å². The maximum Gasteiger partial charge on any atom is 0.254 e. The molecule has 0 aromatic heterocycles. The van der Waals surface area contributed by atoms with Crippen molar-refractivity contribution in [2.24, 2.45) is 0 Å². The Morgan fingerprint density at radius 2 is 2.00 bits per heavy atom. The van der Waals surface area contributed by atoms with E-state index in [-0.39, 0.29) is 16.4 Å². The summed E-state index contributed by atoms with van der Waals surface area (Å²) >= 11 is 1.84. The Hall–Kier alpha value is -1.25. The van der Waals surface area contributed by atoms with E-state index in [1.54, 1.807) is 0 Å². The van der Waals surface area contributed by atoms with Gasteiger partial charge in [-0.3, -0.25) is 4.79 Å². The quantitative estimate of drug-likeness (QED) is 0.670. The van der Waals surface area contributed by atoms with Crippen LogP contribution in [0.1, 0.15) is 42.5 Å². The summed E-state index contributed by atoms with van der Waals surface area (Å²) in [5, 5.41) is 3.14. The van der Waals surface area contributed by atoms with Crippen molar-refractivity contribution < 1.29 is 17.9 Å². The number of nitrogens with one attached hydrogen (secondary N) is 2. The van der Waals surface area contributed by atoms with Gasteiger partial charge in [0.25, 0.3) is 5.91 Å². The van der Waals surface area contributed by atoms with Crippen molar-refractivity contribution in [3.63, 3.8) is 0 Å². The highest BCUT2D eigenvalue weighted by Gasteiger charge is 2.19. The highest BCUT2D eigenvalue weighted by molar-refractivity contribution is 8.00. The number of ether oxygens (including phenoxy) is 1. The summed E-state index contributed by atoms with van der Waals surface area (Å²) < 4.78 is 32.6. The Morgan fingerprint density at radius 3 is 2.64 bits per heavy atom. The molecule has 1 aromatic rings. The lowest BCUT2D eigenvalue weighted by Gasteiger charge is -2.20. The first-order valence-corrected chi connectivity index (χ1v) is 11.0. The van der Waals surface area contributed by atoms with Crippen LogP contribution >= 0.6 is 11.8 Å². The molecular formula is C17H26N2O4S2. The van der Waals surface area contributed by atoms with Crippen LogP contribution in [0.15, 0.2) is 23.1 Å². The first kappa shape index (κ1) is 20.1. The summed E-state index contributed by atoms with van der Waals surface area (Å²) in [5.41, 5.74) is 0.199. The Bertz CT molecular complexity index is 686. The van der Waals surface area contributed by atoms with E-state index in [0.717, 1.165) is 5.75 Å². The molecule has 1 aliphatic rings. The van der Waals surface area contributed by atoms with Gasteiger partial charge < -0.3 is 10.1 Å². The zero-order valence-electron chi connectivity index (χ0n) is 14.7. The minimum atomic E-state index is -3.65. The van der Waals surface area contributed by atoms with Crippen LogP contribution in [0.2, 0.25) is 0 Å². The predicted molar refractivity (Wildman–Crippen MR) is 101 cm³/mol. The summed E-state index contributed by atoms with van der Waals surface area (Å²) in [7, 11) is -0.720. The van der Waals surface area contributed by atoms with Crippen molar-refractivity contribution in [3.05, 3.63) is 23.8 Å². The number of hydrogen-bond donors (Lipinski definition) is 2. The number of thioether (sulfide) groups is 1. The summed E-state index contributed by atoms with van der Waals surface area (Å²) in [6.07, 6.45) is 6.32. The van der Waals surface area contributed by atoms with Crippen LogP contribution in [0, 0.1) is 0 Å². The molecule has 140 valence electrons. The van der Waals surface area contributed by atoms with Gasteiger partial charge in [0.05, 0.1) is 17.6 Å². The van der Waals surface area contributed by atoms with Crippen molar-refractivity contribution in [2.45, 2.75) is 42.2 Å². The molecule has 0 radical (unpaired) electrons. The largest absolute Gasteiger partial charge is 0.496 e. The number of carbonyl (C=O) groups excluding carboxylic acids is 1.